The average Bonchev–Trinajstić information content (AvgIpc) is 2.76. The fourth-order valence-corrected chi connectivity index (χ4v) is 2.69. The minimum atomic E-state index is -0.482. The molecule has 0 aliphatic carbocycles. The van der Waals surface area contributed by atoms with Crippen molar-refractivity contribution in [2.24, 2.45) is 0 Å². The van der Waals surface area contributed by atoms with E-state index in [1.165, 1.54) is 4.90 Å². The number of amides is 1. The molecule has 1 aliphatic heterocycles. The van der Waals surface area contributed by atoms with Gasteiger partial charge in [0.05, 0.1) is 11.3 Å². The van der Waals surface area contributed by atoms with Gasteiger partial charge in [0, 0.05) is 11.6 Å². The number of ether oxygens (including phenoxy) is 1. The number of carbonyl (C=O) groups excluding carboxylic acids is 2. The molecule has 22 heavy (non-hydrogen) atoms. The highest BCUT2D eigenvalue weighted by Crippen LogP contribution is 2.32. The van der Waals surface area contributed by atoms with Crippen LogP contribution in [0, 0.1) is 0 Å². The third-order valence-corrected chi connectivity index (χ3v) is 3.79. The first kappa shape index (κ1) is 14.6. The van der Waals surface area contributed by atoms with Crippen LogP contribution in [0.25, 0.3) is 0 Å². The summed E-state index contributed by atoms with van der Waals surface area (Å²) in [7, 11) is 0. The maximum absolute atomic E-state index is 12.0. The molecule has 0 radical (unpaired) electrons. The van der Waals surface area contributed by atoms with E-state index in [4.69, 9.17) is 16.3 Å². The maximum atomic E-state index is 12.0. The Morgan fingerprint density at radius 3 is 2.68 bits per heavy atom. The Morgan fingerprint density at radius 2 is 1.95 bits per heavy atom. The van der Waals surface area contributed by atoms with E-state index < -0.39 is 11.7 Å². The summed E-state index contributed by atoms with van der Waals surface area (Å²) < 4.78 is 5.68. The van der Waals surface area contributed by atoms with Crippen LogP contribution in [0.15, 0.2) is 42.5 Å². The van der Waals surface area contributed by atoms with Gasteiger partial charge in [0.1, 0.15) is 12.4 Å². The highest BCUT2D eigenvalue weighted by atomic mass is 35.5. The Bertz CT molecular complexity index is 757. The van der Waals surface area contributed by atoms with Crippen molar-refractivity contribution in [1.29, 1.82) is 0 Å². The van der Waals surface area contributed by atoms with Crippen molar-refractivity contribution in [2.45, 2.75) is 13.5 Å². The predicted molar refractivity (Wildman–Crippen MR) is 84.6 cm³/mol. The lowest BCUT2D eigenvalue weighted by Crippen LogP contribution is -2.29. The summed E-state index contributed by atoms with van der Waals surface area (Å²) in [6.07, 6.45) is 0. The van der Waals surface area contributed by atoms with Crippen LogP contribution in [0.3, 0.4) is 0 Å². The first-order valence-electron chi connectivity index (χ1n) is 6.97. The van der Waals surface area contributed by atoms with Crippen LogP contribution in [0.5, 0.6) is 5.75 Å². The Morgan fingerprint density at radius 1 is 1.14 bits per heavy atom. The van der Waals surface area contributed by atoms with Gasteiger partial charge in [-0.1, -0.05) is 23.7 Å². The number of rotatable bonds is 4. The zero-order chi connectivity index (χ0) is 15.7. The summed E-state index contributed by atoms with van der Waals surface area (Å²) in [5.41, 5.74) is 1.98. The molecule has 0 saturated heterocycles. The van der Waals surface area contributed by atoms with E-state index in [1.807, 2.05) is 25.1 Å². The van der Waals surface area contributed by atoms with E-state index in [0.717, 1.165) is 5.56 Å². The number of hydrogen-bond donors (Lipinski definition) is 0. The molecule has 4 nitrogen and oxygen atoms in total. The van der Waals surface area contributed by atoms with Crippen LogP contribution in [-0.2, 0) is 11.4 Å². The van der Waals surface area contributed by atoms with Crippen LogP contribution in [0.2, 0.25) is 5.02 Å². The topological polar surface area (TPSA) is 46.6 Å². The minimum Gasteiger partial charge on any atom is -0.489 e. The van der Waals surface area contributed by atoms with Gasteiger partial charge in [-0.15, -0.1) is 0 Å². The molecule has 0 saturated carbocycles. The van der Waals surface area contributed by atoms with Gasteiger partial charge in [0.25, 0.3) is 11.7 Å². The van der Waals surface area contributed by atoms with E-state index in [1.54, 1.807) is 24.3 Å². The second kappa shape index (κ2) is 5.81. The predicted octanol–water partition coefficient (Wildman–Crippen LogP) is 3.47. The summed E-state index contributed by atoms with van der Waals surface area (Å²) in [6.45, 7) is 2.66. The summed E-state index contributed by atoms with van der Waals surface area (Å²) in [5, 5.41) is 0.648. The van der Waals surface area contributed by atoms with Crippen LogP contribution in [0.1, 0.15) is 22.8 Å². The second-order valence-electron chi connectivity index (χ2n) is 4.98. The summed E-state index contributed by atoms with van der Waals surface area (Å²) in [6, 6.07) is 12.5. The zero-order valence-electron chi connectivity index (χ0n) is 12.0. The Balaban J connectivity index is 1.80. The smallest absolute Gasteiger partial charge is 0.299 e. The van der Waals surface area contributed by atoms with Crippen LogP contribution in [0.4, 0.5) is 5.69 Å². The number of ketones is 1. The highest BCUT2D eigenvalue weighted by Gasteiger charge is 2.34. The molecule has 1 aliphatic rings. The third kappa shape index (κ3) is 2.57. The van der Waals surface area contributed by atoms with Gasteiger partial charge >= 0.3 is 0 Å². The third-order valence-electron chi connectivity index (χ3n) is 3.55. The van der Waals surface area contributed by atoms with Crippen molar-refractivity contribution in [3.63, 3.8) is 0 Å². The standard InChI is InChI=1S/C17H14ClNO3/c1-2-19-15-7-6-13(9-14(15)16(20)17(19)21)22-10-11-4-3-5-12(18)8-11/h3-9H,2,10H2,1H3. The van der Waals surface area contributed by atoms with E-state index in [2.05, 4.69) is 0 Å². The van der Waals surface area contributed by atoms with Gasteiger partial charge in [-0.3, -0.25) is 9.59 Å². The molecular formula is C17H14ClNO3. The van der Waals surface area contributed by atoms with Crippen LogP contribution < -0.4 is 9.64 Å². The number of halogens is 1. The monoisotopic (exact) mass is 315 g/mol. The molecule has 2 aromatic rings. The molecule has 0 unspecified atom stereocenters. The fraction of sp³-hybridized carbons (Fsp3) is 0.176. The Hall–Kier alpha value is -2.33. The molecule has 5 heteroatoms. The number of benzene rings is 2. The van der Waals surface area contributed by atoms with E-state index in [9.17, 15) is 9.59 Å². The summed E-state index contributed by atoms with van der Waals surface area (Å²) >= 11 is 5.93. The van der Waals surface area contributed by atoms with Gasteiger partial charge in [-0.05, 0) is 42.8 Å². The van der Waals surface area contributed by atoms with Crippen molar-refractivity contribution in [1.82, 2.24) is 0 Å². The fourth-order valence-electron chi connectivity index (χ4n) is 2.48. The van der Waals surface area contributed by atoms with Crippen LogP contribution in [-0.4, -0.2) is 18.2 Å². The lowest BCUT2D eigenvalue weighted by atomic mass is 10.1. The van der Waals surface area contributed by atoms with Gasteiger partial charge < -0.3 is 9.64 Å². The molecule has 0 N–H and O–H groups in total. The molecule has 0 fully saturated rings. The van der Waals surface area contributed by atoms with E-state index in [-0.39, 0.29) is 0 Å². The minimum absolute atomic E-state index is 0.346. The number of Topliss-reactive ketones (excluding diaryl/α,β-unsaturated/α-hetero) is 1. The van der Waals surface area contributed by atoms with Crippen molar-refractivity contribution in [2.75, 3.05) is 11.4 Å². The average molecular weight is 316 g/mol. The van der Waals surface area contributed by atoms with Crippen molar-refractivity contribution < 1.29 is 14.3 Å². The Labute approximate surface area is 133 Å². The number of fused-ring (bicyclic) bond motifs is 1. The highest BCUT2D eigenvalue weighted by molar-refractivity contribution is 6.52. The second-order valence-corrected chi connectivity index (χ2v) is 5.41. The molecule has 112 valence electrons. The molecular weight excluding hydrogens is 302 g/mol. The molecule has 0 atom stereocenters. The SMILES string of the molecule is CCN1C(=O)C(=O)c2cc(OCc3cccc(Cl)c3)ccc21. The molecule has 2 aromatic carbocycles. The van der Waals surface area contributed by atoms with Crippen molar-refractivity contribution >= 4 is 29.0 Å². The van der Waals surface area contributed by atoms with E-state index >= 15 is 0 Å². The van der Waals surface area contributed by atoms with Crippen LogP contribution >= 0.6 is 11.6 Å². The lowest BCUT2D eigenvalue weighted by molar-refractivity contribution is -0.114. The number of hydrogen-bond acceptors (Lipinski definition) is 3. The van der Waals surface area contributed by atoms with Gasteiger partial charge in [-0.25, -0.2) is 0 Å². The van der Waals surface area contributed by atoms with Crippen molar-refractivity contribution in [3.8, 4) is 5.75 Å². The maximum Gasteiger partial charge on any atom is 0.299 e. The van der Waals surface area contributed by atoms with Gasteiger partial charge in [0.2, 0.25) is 0 Å². The molecule has 0 spiro atoms. The number of likely N-dealkylation sites (N-methyl/N-ethyl adjacent to an activating group) is 1. The first-order valence-corrected chi connectivity index (χ1v) is 7.35. The normalized spacial score (nSPS) is 13.5. The lowest BCUT2D eigenvalue weighted by Gasteiger charge is -2.13. The first-order chi connectivity index (χ1) is 10.6. The zero-order valence-corrected chi connectivity index (χ0v) is 12.8. The largest absolute Gasteiger partial charge is 0.489 e. The summed E-state index contributed by atoms with van der Waals surface area (Å²) in [4.78, 5) is 25.3. The summed E-state index contributed by atoms with van der Waals surface area (Å²) in [5.74, 6) is -0.410. The van der Waals surface area contributed by atoms with E-state index in [0.29, 0.717) is 35.2 Å². The Kier molecular flexibility index (Phi) is 3.86. The molecule has 1 amide bonds. The van der Waals surface area contributed by atoms with Gasteiger partial charge in [0.15, 0.2) is 0 Å². The number of nitrogens with zero attached hydrogens (tertiary/aromatic N) is 1. The quantitative estimate of drug-likeness (QED) is 0.812. The molecule has 3 rings (SSSR count). The number of carbonyl (C=O) groups is 2. The van der Waals surface area contributed by atoms with Gasteiger partial charge in [-0.2, -0.15) is 0 Å². The molecule has 0 aromatic heterocycles. The van der Waals surface area contributed by atoms with Crippen molar-refractivity contribution in [3.05, 3.63) is 58.6 Å². The number of anilines is 1. The molecule has 0 bridgehead atoms. The molecule has 1 heterocycles.